The quantitative estimate of drug-likeness (QED) is 0.349. The molecular weight excluding hydrogens is 452 g/mol. The lowest BCUT2D eigenvalue weighted by Crippen LogP contribution is -2.21. The third-order valence-electron chi connectivity index (χ3n) is 4.23. The Labute approximate surface area is 185 Å². The molecule has 0 unspecified atom stereocenters. The molecule has 3 aromatic rings. The van der Waals surface area contributed by atoms with E-state index in [1.165, 1.54) is 18.2 Å². The first-order valence-electron chi connectivity index (χ1n) is 9.56. The van der Waals surface area contributed by atoms with Gasteiger partial charge in [0.25, 0.3) is 0 Å². The summed E-state index contributed by atoms with van der Waals surface area (Å²) in [5, 5.41) is 5.31. The first-order valence-corrected chi connectivity index (χ1v) is 9.56. The first-order chi connectivity index (χ1) is 15.5. The Kier molecular flexibility index (Phi) is 7.26. The van der Waals surface area contributed by atoms with E-state index in [2.05, 4.69) is 25.3 Å². The second-order valence-electron chi connectivity index (χ2n) is 7.11. The molecule has 0 saturated carbocycles. The van der Waals surface area contributed by atoms with Crippen LogP contribution in [0.5, 0.6) is 5.75 Å². The van der Waals surface area contributed by atoms with Crippen LogP contribution in [0.1, 0.15) is 0 Å². The molecule has 12 heteroatoms. The van der Waals surface area contributed by atoms with E-state index < -0.39 is 35.3 Å². The molecule has 176 valence electrons. The maximum atomic E-state index is 14.1. The Balaban J connectivity index is 2.00. The van der Waals surface area contributed by atoms with Gasteiger partial charge in [-0.25, -0.2) is 18.2 Å². The third-order valence-corrected chi connectivity index (χ3v) is 4.23. The molecule has 1 aromatic heterocycles. The van der Waals surface area contributed by atoms with Gasteiger partial charge in [0.1, 0.15) is 23.1 Å². The zero-order valence-corrected chi connectivity index (χ0v) is 17.5. The van der Waals surface area contributed by atoms with Crippen LogP contribution >= 0.6 is 0 Å². The van der Waals surface area contributed by atoms with Crippen LogP contribution in [-0.2, 0) is 0 Å². The van der Waals surface area contributed by atoms with Crippen molar-refractivity contribution in [3.63, 3.8) is 0 Å². The number of rotatable bonds is 8. The Morgan fingerprint density at radius 2 is 1.70 bits per heavy atom. The highest BCUT2D eigenvalue weighted by Crippen LogP contribution is 2.30. The number of alkyl halides is 3. The number of ether oxygens (including phenoxy) is 1. The number of anilines is 3. The molecule has 0 aliphatic rings. The van der Waals surface area contributed by atoms with Gasteiger partial charge in [-0.1, -0.05) is 12.1 Å². The molecule has 2 aromatic carbocycles. The van der Waals surface area contributed by atoms with E-state index in [0.717, 1.165) is 18.2 Å². The Bertz CT molecular complexity index is 1120. The van der Waals surface area contributed by atoms with Crippen LogP contribution in [0.2, 0.25) is 0 Å². The minimum atomic E-state index is -4.89. The predicted molar refractivity (Wildman–Crippen MR) is 111 cm³/mol. The van der Waals surface area contributed by atoms with Crippen molar-refractivity contribution in [3.05, 3.63) is 59.9 Å². The van der Waals surface area contributed by atoms with Crippen LogP contribution in [0.3, 0.4) is 0 Å². The fraction of sp³-hybridized carbons (Fsp3) is 0.238. The van der Waals surface area contributed by atoms with Gasteiger partial charge >= 0.3 is 6.36 Å². The predicted octanol–water partition coefficient (Wildman–Crippen LogP) is 5.18. The van der Waals surface area contributed by atoms with Crippen molar-refractivity contribution in [2.75, 3.05) is 37.8 Å². The summed E-state index contributed by atoms with van der Waals surface area (Å²) in [5.41, 5.74) is -0.421. The number of halogens is 6. The molecule has 33 heavy (non-hydrogen) atoms. The van der Waals surface area contributed by atoms with E-state index in [0.29, 0.717) is 19.2 Å². The van der Waals surface area contributed by atoms with Crippen molar-refractivity contribution in [1.29, 1.82) is 0 Å². The van der Waals surface area contributed by atoms with Crippen LogP contribution in [-0.4, -0.2) is 48.4 Å². The average molecular weight is 471 g/mol. The van der Waals surface area contributed by atoms with Crippen molar-refractivity contribution in [3.8, 4) is 17.0 Å². The van der Waals surface area contributed by atoms with Crippen molar-refractivity contribution >= 4 is 17.5 Å². The minimum Gasteiger partial charge on any atom is -0.406 e. The molecule has 0 aliphatic heterocycles. The summed E-state index contributed by atoms with van der Waals surface area (Å²) in [5.74, 6) is -4.32. The summed E-state index contributed by atoms with van der Waals surface area (Å²) in [4.78, 5) is 10.3. The molecule has 0 radical (unpaired) electrons. The Morgan fingerprint density at radius 3 is 2.39 bits per heavy atom. The van der Waals surface area contributed by atoms with Gasteiger partial charge in [-0.15, -0.1) is 13.2 Å². The summed E-state index contributed by atoms with van der Waals surface area (Å²) < 4.78 is 83.5. The first kappa shape index (κ1) is 24.1. The number of hydrogen-bond acceptors (Lipinski definition) is 6. The van der Waals surface area contributed by atoms with Crippen LogP contribution in [0.4, 0.5) is 43.8 Å². The van der Waals surface area contributed by atoms with Crippen LogP contribution in [0.25, 0.3) is 11.3 Å². The van der Waals surface area contributed by atoms with Crippen LogP contribution in [0, 0.1) is 17.5 Å². The summed E-state index contributed by atoms with van der Waals surface area (Å²) in [6.07, 6.45) is -4.89. The van der Waals surface area contributed by atoms with Crippen molar-refractivity contribution in [2.45, 2.75) is 6.36 Å². The molecule has 0 saturated heterocycles. The van der Waals surface area contributed by atoms with Gasteiger partial charge < -0.3 is 20.3 Å². The van der Waals surface area contributed by atoms with Crippen LogP contribution in [0.15, 0.2) is 42.5 Å². The van der Waals surface area contributed by atoms with Crippen molar-refractivity contribution in [1.82, 2.24) is 14.9 Å². The van der Waals surface area contributed by atoms with E-state index in [4.69, 9.17) is 0 Å². The molecule has 1 heterocycles. The maximum Gasteiger partial charge on any atom is 0.573 e. The van der Waals surface area contributed by atoms with Crippen molar-refractivity contribution in [2.24, 2.45) is 0 Å². The molecular formula is C21H19F6N5O. The summed E-state index contributed by atoms with van der Waals surface area (Å²) in [6, 6.07) is 7.67. The van der Waals surface area contributed by atoms with Crippen molar-refractivity contribution < 1.29 is 31.1 Å². The van der Waals surface area contributed by atoms with E-state index in [1.54, 1.807) is 0 Å². The van der Waals surface area contributed by atoms with E-state index in [-0.39, 0.29) is 23.0 Å². The van der Waals surface area contributed by atoms with Gasteiger partial charge in [-0.2, -0.15) is 4.98 Å². The van der Waals surface area contributed by atoms with E-state index in [9.17, 15) is 26.3 Å². The highest BCUT2D eigenvalue weighted by Gasteiger charge is 2.31. The Hall–Kier alpha value is -3.54. The molecule has 3 rings (SSSR count). The molecule has 0 atom stereocenters. The number of hydrogen-bond donors (Lipinski definition) is 2. The molecule has 0 bridgehead atoms. The summed E-state index contributed by atoms with van der Waals surface area (Å²) in [6.45, 7) is 0.994. The second-order valence-corrected chi connectivity index (χ2v) is 7.11. The highest BCUT2D eigenvalue weighted by atomic mass is 19.4. The lowest BCUT2D eigenvalue weighted by molar-refractivity contribution is -0.274. The van der Waals surface area contributed by atoms with Gasteiger partial charge in [-0.3, -0.25) is 0 Å². The van der Waals surface area contributed by atoms with Gasteiger partial charge in [0.15, 0.2) is 11.6 Å². The van der Waals surface area contributed by atoms with Gasteiger partial charge in [0, 0.05) is 24.7 Å². The van der Waals surface area contributed by atoms with Gasteiger partial charge in [0.2, 0.25) is 5.95 Å². The Morgan fingerprint density at radius 1 is 0.970 bits per heavy atom. The number of nitrogens with one attached hydrogen (secondary N) is 2. The smallest absolute Gasteiger partial charge is 0.406 e. The number of benzene rings is 2. The lowest BCUT2D eigenvalue weighted by Gasteiger charge is -2.14. The largest absolute Gasteiger partial charge is 0.573 e. The normalized spacial score (nSPS) is 11.5. The average Bonchev–Trinajstić information content (AvgIpc) is 2.72. The van der Waals surface area contributed by atoms with Gasteiger partial charge in [-0.05, 0) is 38.4 Å². The second kappa shape index (κ2) is 9.94. The van der Waals surface area contributed by atoms with Gasteiger partial charge in [0.05, 0.1) is 5.69 Å². The SMILES string of the molecule is CN(C)CCNc1nc(Nc2c(F)ccc(F)c2F)cc(-c2cccc(OC(F)(F)F)c2)n1. The topological polar surface area (TPSA) is 62.3 Å². The summed E-state index contributed by atoms with van der Waals surface area (Å²) >= 11 is 0. The number of likely N-dealkylation sites (N-methyl/N-ethyl adjacent to an activating group) is 1. The lowest BCUT2D eigenvalue weighted by atomic mass is 10.1. The fourth-order valence-corrected chi connectivity index (χ4v) is 2.75. The molecule has 0 amide bonds. The third kappa shape index (κ3) is 6.72. The number of nitrogens with zero attached hydrogens (tertiary/aromatic N) is 3. The summed E-state index contributed by atoms with van der Waals surface area (Å²) in [7, 11) is 3.68. The number of aromatic nitrogens is 2. The van der Waals surface area contributed by atoms with E-state index >= 15 is 0 Å². The molecule has 0 spiro atoms. The minimum absolute atomic E-state index is 0.0382. The van der Waals surface area contributed by atoms with E-state index in [1.807, 2.05) is 19.0 Å². The monoisotopic (exact) mass is 471 g/mol. The van der Waals surface area contributed by atoms with Crippen LogP contribution < -0.4 is 15.4 Å². The fourth-order valence-electron chi connectivity index (χ4n) is 2.75. The molecule has 6 nitrogen and oxygen atoms in total. The zero-order chi connectivity index (χ0) is 24.2. The molecule has 0 aliphatic carbocycles. The molecule has 2 N–H and O–H groups in total. The maximum absolute atomic E-state index is 14.1. The molecule has 0 fully saturated rings. The standard InChI is InChI=1S/C21H19F6N5O/c1-32(2)9-8-28-20-29-16(12-4-3-5-13(10-12)33-21(25,26)27)11-17(31-20)30-19-15(23)7-6-14(22)18(19)24/h3-7,10-11H,8-9H2,1-2H3,(H2,28,29,30,31). The zero-order valence-electron chi connectivity index (χ0n) is 17.5. The highest BCUT2D eigenvalue weighted by molar-refractivity contribution is 5.68.